The van der Waals surface area contributed by atoms with E-state index < -0.39 is 12.1 Å². The van der Waals surface area contributed by atoms with Crippen LogP contribution in [0.25, 0.3) is 0 Å². The molecule has 1 atom stereocenters. The fraction of sp³-hybridized carbons (Fsp3) is 0.286. The van der Waals surface area contributed by atoms with Gasteiger partial charge in [-0.15, -0.1) is 0 Å². The smallest absolute Gasteiger partial charge is 0.414 e. The number of rotatable bonds is 2. The lowest BCUT2D eigenvalue weighted by atomic mass is 10.2. The minimum absolute atomic E-state index is 0.140. The van der Waals surface area contributed by atoms with E-state index in [-0.39, 0.29) is 12.5 Å². The van der Waals surface area contributed by atoms with Gasteiger partial charge in [0.15, 0.2) is 0 Å². The highest BCUT2D eigenvalue weighted by molar-refractivity contribution is 5.87. The lowest BCUT2D eigenvalue weighted by Crippen LogP contribution is -2.48. The lowest BCUT2D eigenvalue weighted by molar-refractivity contribution is -0.132. The molecule has 0 saturated carbocycles. The second kappa shape index (κ2) is 5.56. The Hall–Kier alpha value is -2.30. The molecule has 0 spiro atoms. The Morgan fingerprint density at radius 3 is 2.63 bits per heavy atom. The van der Waals surface area contributed by atoms with Gasteiger partial charge in [0.2, 0.25) is 5.91 Å². The maximum Gasteiger partial charge on any atom is 0.414 e. The Bertz CT molecular complexity index is 499. The van der Waals surface area contributed by atoms with Crippen molar-refractivity contribution < 1.29 is 14.3 Å². The average molecular weight is 260 g/mol. The van der Waals surface area contributed by atoms with Crippen LogP contribution in [0.3, 0.4) is 0 Å². The molecule has 2 amide bonds. The molecule has 1 aliphatic rings. The summed E-state index contributed by atoms with van der Waals surface area (Å²) in [5, 5.41) is 0. The van der Waals surface area contributed by atoms with Crippen LogP contribution in [0.15, 0.2) is 42.7 Å². The molecule has 1 heterocycles. The quantitative estimate of drug-likeness (QED) is 0.816. The molecule has 19 heavy (non-hydrogen) atoms. The van der Waals surface area contributed by atoms with Gasteiger partial charge in [0.1, 0.15) is 12.6 Å². The lowest BCUT2D eigenvalue weighted by Gasteiger charge is -2.31. The van der Waals surface area contributed by atoms with Gasteiger partial charge in [-0.1, -0.05) is 30.3 Å². The fourth-order valence-corrected chi connectivity index (χ4v) is 1.80. The van der Waals surface area contributed by atoms with Crippen molar-refractivity contribution in [3.8, 4) is 0 Å². The Kier molecular flexibility index (Phi) is 3.85. The number of carbonyl (C=O) groups is 2. The van der Waals surface area contributed by atoms with E-state index >= 15 is 0 Å². The molecule has 5 nitrogen and oxygen atoms in total. The number of amides is 2. The van der Waals surface area contributed by atoms with Crippen molar-refractivity contribution in [2.45, 2.75) is 19.6 Å². The summed E-state index contributed by atoms with van der Waals surface area (Å²) in [6, 6.07) is 8.87. The van der Waals surface area contributed by atoms with Crippen LogP contribution in [0.5, 0.6) is 0 Å². The first-order chi connectivity index (χ1) is 9.09. The molecule has 1 aromatic rings. The number of hydrogen-bond acceptors (Lipinski definition) is 3. The summed E-state index contributed by atoms with van der Waals surface area (Å²) in [5.74, 6) is -0.140. The number of hydrogen-bond donors (Lipinski definition) is 0. The number of nitrogens with zero attached hydrogens (tertiary/aromatic N) is 2. The fourth-order valence-electron chi connectivity index (χ4n) is 1.80. The Balaban J connectivity index is 1.97. The third-order valence-corrected chi connectivity index (χ3v) is 2.99. The predicted molar refractivity (Wildman–Crippen MR) is 69.8 cm³/mol. The molecule has 100 valence electrons. The van der Waals surface area contributed by atoms with Crippen molar-refractivity contribution in [2.24, 2.45) is 0 Å². The first-order valence-corrected chi connectivity index (χ1v) is 6.03. The summed E-state index contributed by atoms with van der Waals surface area (Å²) in [5.41, 5.74) is 0.910. The van der Waals surface area contributed by atoms with Gasteiger partial charge in [-0.25, -0.2) is 4.79 Å². The van der Waals surface area contributed by atoms with Gasteiger partial charge in [-0.05, 0) is 12.5 Å². The molecular formula is C14H16N2O3. The third kappa shape index (κ3) is 2.93. The van der Waals surface area contributed by atoms with Crippen molar-refractivity contribution in [2.75, 3.05) is 7.05 Å². The van der Waals surface area contributed by atoms with Crippen LogP contribution in [-0.4, -0.2) is 34.9 Å². The molecule has 1 aliphatic heterocycles. The van der Waals surface area contributed by atoms with Crippen LogP contribution in [0.1, 0.15) is 12.5 Å². The van der Waals surface area contributed by atoms with E-state index in [0.29, 0.717) is 0 Å². The Morgan fingerprint density at radius 2 is 1.95 bits per heavy atom. The van der Waals surface area contributed by atoms with E-state index in [9.17, 15) is 9.59 Å². The van der Waals surface area contributed by atoms with E-state index in [0.717, 1.165) is 5.56 Å². The summed E-state index contributed by atoms with van der Waals surface area (Å²) >= 11 is 0. The van der Waals surface area contributed by atoms with Gasteiger partial charge in [0.25, 0.3) is 0 Å². The van der Waals surface area contributed by atoms with Gasteiger partial charge in [0.05, 0.1) is 0 Å². The maximum atomic E-state index is 11.9. The van der Waals surface area contributed by atoms with Crippen LogP contribution < -0.4 is 0 Å². The van der Waals surface area contributed by atoms with Gasteiger partial charge >= 0.3 is 6.09 Å². The summed E-state index contributed by atoms with van der Waals surface area (Å²) in [4.78, 5) is 26.4. The second-order valence-electron chi connectivity index (χ2n) is 4.37. The molecule has 0 aromatic heterocycles. The van der Waals surface area contributed by atoms with Crippen LogP contribution in [0.4, 0.5) is 4.79 Å². The minimum atomic E-state index is -0.543. The summed E-state index contributed by atoms with van der Waals surface area (Å²) in [7, 11) is 1.65. The number of carbonyl (C=O) groups excluding carboxylic acids is 2. The van der Waals surface area contributed by atoms with E-state index in [1.807, 2.05) is 30.3 Å². The predicted octanol–water partition coefficient (Wildman–Crippen LogP) is 1.96. The highest BCUT2D eigenvalue weighted by Gasteiger charge is 2.30. The SMILES string of the molecule is CC1C(=O)N(C)C=CN1C(=O)OCc1ccccc1. The zero-order chi connectivity index (χ0) is 13.8. The standard InChI is InChI=1S/C14H16N2O3/c1-11-13(17)15(2)8-9-16(11)14(18)19-10-12-6-4-3-5-7-12/h3-9,11H,10H2,1-2H3. The first kappa shape index (κ1) is 13.1. The maximum absolute atomic E-state index is 11.9. The van der Waals surface area contributed by atoms with Gasteiger partial charge in [-0.2, -0.15) is 0 Å². The van der Waals surface area contributed by atoms with Crippen molar-refractivity contribution in [3.05, 3.63) is 48.3 Å². The highest BCUT2D eigenvalue weighted by Crippen LogP contribution is 2.13. The van der Waals surface area contributed by atoms with Crippen molar-refractivity contribution in [3.63, 3.8) is 0 Å². The molecule has 0 fully saturated rings. The third-order valence-electron chi connectivity index (χ3n) is 2.99. The van der Waals surface area contributed by atoms with Gasteiger partial charge < -0.3 is 9.64 Å². The molecule has 1 unspecified atom stereocenters. The number of ether oxygens (including phenoxy) is 1. The van der Waals surface area contributed by atoms with Crippen molar-refractivity contribution in [1.82, 2.24) is 9.80 Å². The molecule has 0 aliphatic carbocycles. The first-order valence-electron chi connectivity index (χ1n) is 6.03. The normalized spacial score (nSPS) is 18.6. The zero-order valence-corrected chi connectivity index (χ0v) is 10.9. The number of likely N-dealkylation sites (N-methyl/N-ethyl adjacent to an activating group) is 1. The summed E-state index contributed by atoms with van der Waals surface area (Å²) in [6.45, 7) is 1.87. The van der Waals surface area contributed by atoms with E-state index in [1.165, 1.54) is 9.80 Å². The molecule has 0 saturated heterocycles. The molecular weight excluding hydrogens is 244 g/mol. The monoisotopic (exact) mass is 260 g/mol. The average Bonchev–Trinajstić information content (AvgIpc) is 2.43. The largest absolute Gasteiger partial charge is 0.444 e. The van der Waals surface area contributed by atoms with Crippen LogP contribution in [-0.2, 0) is 16.1 Å². The van der Waals surface area contributed by atoms with Crippen molar-refractivity contribution >= 4 is 12.0 Å². The molecule has 0 radical (unpaired) electrons. The summed E-state index contributed by atoms with van der Waals surface area (Å²) in [6.07, 6.45) is 2.58. The van der Waals surface area contributed by atoms with Crippen LogP contribution >= 0.6 is 0 Å². The molecule has 5 heteroatoms. The van der Waals surface area contributed by atoms with Crippen LogP contribution in [0.2, 0.25) is 0 Å². The highest BCUT2D eigenvalue weighted by atomic mass is 16.6. The zero-order valence-electron chi connectivity index (χ0n) is 10.9. The Morgan fingerprint density at radius 1 is 1.26 bits per heavy atom. The molecule has 2 rings (SSSR count). The Labute approximate surface area is 112 Å². The van der Waals surface area contributed by atoms with Crippen LogP contribution in [0, 0.1) is 0 Å². The molecule has 0 N–H and O–H groups in total. The van der Waals surface area contributed by atoms with Crippen molar-refractivity contribution in [1.29, 1.82) is 0 Å². The second-order valence-corrected chi connectivity index (χ2v) is 4.37. The summed E-state index contributed by atoms with van der Waals surface area (Å²) < 4.78 is 5.19. The minimum Gasteiger partial charge on any atom is -0.444 e. The van der Waals surface area contributed by atoms with E-state index in [1.54, 1.807) is 26.4 Å². The number of benzene rings is 1. The van der Waals surface area contributed by atoms with E-state index in [2.05, 4.69) is 0 Å². The van der Waals surface area contributed by atoms with Gasteiger partial charge in [0, 0.05) is 19.4 Å². The topological polar surface area (TPSA) is 49.9 Å². The van der Waals surface area contributed by atoms with E-state index in [4.69, 9.17) is 4.74 Å². The molecule has 0 bridgehead atoms. The molecule has 1 aromatic carbocycles. The van der Waals surface area contributed by atoms with Gasteiger partial charge in [-0.3, -0.25) is 9.69 Å².